The second kappa shape index (κ2) is 4.94. The molecule has 0 bridgehead atoms. The lowest BCUT2D eigenvalue weighted by Crippen LogP contribution is -2.50. The standard InChI is InChI=1S/C13H24N2O2/c1-13(2)6-4-11(14-3)12(16)15(9-13)8-10-5-7-17-10/h10-11,14H,4-9H2,1-3H3. The first-order valence-electron chi connectivity index (χ1n) is 6.59. The van der Waals surface area contributed by atoms with E-state index >= 15 is 0 Å². The van der Waals surface area contributed by atoms with E-state index in [-0.39, 0.29) is 23.5 Å². The number of rotatable bonds is 3. The number of likely N-dealkylation sites (tertiary alicyclic amines) is 1. The highest BCUT2D eigenvalue weighted by Crippen LogP contribution is 2.29. The van der Waals surface area contributed by atoms with Gasteiger partial charge < -0.3 is 15.0 Å². The van der Waals surface area contributed by atoms with Crippen molar-refractivity contribution < 1.29 is 9.53 Å². The molecule has 0 spiro atoms. The zero-order chi connectivity index (χ0) is 12.5. The summed E-state index contributed by atoms with van der Waals surface area (Å²) in [5, 5.41) is 3.14. The smallest absolute Gasteiger partial charge is 0.239 e. The van der Waals surface area contributed by atoms with Crippen molar-refractivity contribution in [3.63, 3.8) is 0 Å². The summed E-state index contributed by atoms with van der Waals surface area (Å²) in [6.07, 6.45) is 3.38. The Morgan fingerprint density at radius 3 is 2.71 bits per heavy atom. The molecule has 0 aromatic heterocycles. The molecule has 0 aromatic carbocycles. The minimum atomic E-state index is -0.0168. The molecule has 2 aliphatic heterocycles. The first-order valence-corrected chi connectivity index (χ1v) is 6.59. The third-order valence-corrected chi connectivity index (χ3v) is 3.90. The maximum Gasteiger partial charge on any atom is 0.239 e. The van der Waals surface area contributed by atoms with Crippen molar-refractivity contribution in [3.8, 4) is 0 Å². The maximum absolute atomic E-state index is 12.3. The number of carbonyl (C=O) groups is 1. The van der Waals surface area contributed by atoms with Gasteiger partial charge in [-0.15, -0.1) is 0 Å². The van der Waals surface area contributed by atoms with Crippen LogP contribution in [-0.4, -0.2) is 49.7 Å². The summed E-state index contributed by atoms with van der Waals surface area (Å²) < 4.78 is 5.45. The quantitative estimate of drug-likeness (QED) is 0.800. The molecule has 1 amide bonds. The zero-order valence-electron chi connectivity index (χ0n) is 11.2. The number of nitrogens with one attached hydrogen (secondary N) is 1. The van der Waals surface area contributed by atoms with Crippen LogP contribution >= 0.6 is 0 Å². The molecule has 17 heavy (non-hydrogen) atoms. The van der Waals surface area contributed by atoms with Crippen LogP contribution < -0.4 is 5.32 Å². The van der Waals surface area contributed by atoms with E-state index in [1.54, 1.807) is 0 Å². The summed E-state index contributed by atoms with van der Waals surface area (Å²) in [7, 11) is 1.87. The Morgan fingerprint density at radius 2 is 2.18 bits per heavy atom. The maximum atomic E-state index is 12.3. The van der Waals surface area contributed by atoms with Gasteiger partial charge in [-0.25, -0.2) is 0 Å². The van der Waals surface area contributed by atoms with Gasteiger partial charge in [-0.05, 0) is 31.7 Å². The molecule has 2 rings (SSSR count). The third-order valence-electron chi connectivity index (χ3n) is 3.90. The Labute approximate surface area is 104 Å². The molecule has 98 valence electrons. The summed E-state index contributed by atoms with van der Waals surface area (Å²) in [4.78, 5) is 14.3. The van der Waals surface area contributed by atoms with Gasteiger partial charge in [-0.1, -0.05) is 13.8 Å². The van der Waals surface area contributed by atoms with Crippen LogP contribution in [0.1, 0.15) is 33.1 Å². The van der Waals surface area contributed by atoms with Gasteiger partial charge in [-0.3, -0.25) is 4.79 Å². The van der Waals surface area contributed by atoms with E-state index in [0.717, 1.165) is 39.0 Å². The van der Waals surface area contributed by atoms with Crippen molar-refractivity contribution >= 4 is 5.91 Å². The van der Waals surface area contributed by atoms with Gasteiger partial charge in [-0.2, -0.15) is 0 Å². The predicted octanol–water partition coefficient (Wildman–Crippen LogP) is 1.01. The lowest BCUT2D eigenvalue weighted by Gasteiger charge is -2.36. The minimum Gasteiger partial charge on any atom is -0.376 e. The van der Waals surface area contributed by atoms with Crippen molar-refractivity contribution in [1.29, 1.82) is 0 Å². The first kappa shape index (κ1) is 12.8. The average molecular weight is 240 g/mol. The van der Waals surface area contributed by atoms with E-state index in [9.17, 15) is 4.79 Å². The van der Waals surface area contributed by atoms with E-state index in [1.807, 2.05) is 11.9 Å². The first-order chi connectivity index (χ1) is 8.02. The molecule has 2 fully saturated rings. The monoisotopic (exact) mass is 240 g/mol. The Morgan fingerprint density at radius 1 is 1.47 bits per heavy atom. The molecule has 2 atom stereocenters. The summed E-state index contributed by atoms with van der Waals surface area (Å²) in [6.45, 7) is 6.95. The zero-order valence-corrected chi connectivity index (χ0v) is 11.2. The van der Waals surface area contributed by atoms with Gasteiger partial charge in [0.2, 0.25) is 5.91 Å². The van der Waals surface area contributed by atoms with Gasteiger partial charge in [0.15, 0.2) is 0 Å². The van der Waals surface area contributed by atoms with Crippen LogP contribution in [-0.2, 0) is 9.53 Å². The summed E-state index contributed by atoms with van der Waals surface area (Å²) in [6, 6.07) is -0.0168. The number of likely N-dealkylation sites (N-methyl/N-ethyl adjacent to an activating group) is 1. The number of hydrogen-bond acceptors (Lipinski definition) is 3. The molecule has 0 aliphatic carbocycles. The molecule has 0 aromatic rings. The number of nitrogens with zero attached hydrogens (tertiary/aromatic N) is 1. The topological polar surface area (TPSA) is 41.6 Å². The van der Waals surface area contributed by atoms with Crippen LogP contribution in [0.25, 0.3) is 0 Å². The molecule has 2 saturated heterocycles. The van der Waals surface area contributed by atoms with Crippen LogP contribution in [0, 0.1) is 5.41 Å². The van der Waals surface area contributed by atoms with E-state index in [2.05, 4.69) is 19.2 Å². The second-order valence-electron chi connectivity index (χ2n) is 6.04. The highest BCUT2D eigenvalue weighted by Gasteiger charge is 2.35. The number of ether oxygens (including phenoxy) is 1. The second-order valence-corrected chi connectivity index (χ2v) is 6.04. The molecule has 1 N–H and O–H groups in total. The lowest BCUT2D eigenvalue weighted by molar-refractivity contribution is -0.139. The fourth-order valence-corrected chi connectivity index (χ4v) is 2.65. The fourth-order valence-electron chi connectivity index (χ4n) is 2.65. The van der Waals surface area contributed by atoms with Crippen molar-refractivity contribution in [2.45, 2.75) is 45.3 Å². The Balaban J connectivity index is 2.04. The molecule has 2 unspecified atom stereocenters. The third kappa shape index (κ3) is 2.99. The van der Waals surface area contributed by atoms with Gasteiger partial charge in [0.1, 0.15) is 0 Å². The van der Waals surface area contributed by atoms with E-state index < -0.39 is 0 Å². The van der Waals surface area contributed by atoms with Crippen LogP contribution in [0.15, 0.2) is 0 Å². The lowest BCUT2D eigenvalue weighted by atomic mass is 9.87. The van der Waals surface area contributed by atoms with Crippen LogP contribution in [0.4, 0.5) is 0 Å². The van der Waals surface area contributed by atoms with Crippen LogP contribution in [0.5, 0.6) is 0 Å². The Hall–Kier alpha value is -0.610. The number of amides is 1. The van der Waals surface area contributed by atoms with Crippen molar-refractivity contribution in [3.05, 3.63) is 0 Å². The molecular weight excluding hydrogens is 216 g/mol. The summed E-state index contributed by atoms with van der Waals surface area (Å²) in [5.41, 5.74) is 0.213. The van der Waals surface area contributed by atoms with Gasteiger partial charge in [0, 0.05) is 19.7 Å². The van der Waals surface area contributed by atoms with Crippen molar-refractivity contribution in [2.75, 3.05) is 26.7 Å². The van der Waals surface area contributed by atoms with E-state index in [0.29, 0.717) is 0 Å². The van der Waals surface area contributed by atoms with Crippen molar-refractivity contribution in [2.24, 2.45) is 5.41 Å². The van der Waals surface area contributed by atoms with Crippen LogP contribution in [0.2, 0.25) is 0 Å². The van der Waals surface area contributed by atoms with E-state index in [1.165, 1.54) is 0 Å². The van der Waals surface area contributed by atoms with Crippen molar-refractivity contribution in [1.82, 2.24) is 10.2 Å². The minimum absolute atomic E-state index is 0.0168. The summed E-state index contributed by atoms with van der Waals surface area (Å²) >= 11 is 0. The van der Waals surface area contributed by atoms with Gasteiger partial charge >= 0.3 is 0 Å². The molecule has 4 nitrogen and oxygen atoms in total. The molecule has 2 heterocycles. The molecule has 4 heteroatoms. The van der Waals surface area contributed by atoms with Gasteiger partial charge in [0.05, 0.1) is 12.1 Å². The highest BCUT2D eigenvalue weighted by atomic mass is 16.5. The normalized spacial score (nSPS) is 33.1. The van der Waals surface area contributed by atoms with Gasteiger partial charge in [0.25, 0.3) is 0 Å². The molecule has 0 saturated carbocycles. The number of carbonyl (C=O) groups excluding carboxylic acids is 1. The fraction of sp³-hybridized carbons (Fsp3) is 0.923. The molecule has 0 radical (unpaired) electrons. The largest absolute Gasteiger partial charge is 0.376 e. The Kier molecular flexibility index (Phi) is 3.73. The average Bonchev–Trinajstić information content (AvgIpc) is 2.31. The summed E-state index contributed by atoms with van der Waals surface area (Å²) in [5.74, 6) is 0.244. The predicted molar refractivity (Wildman–Crippen MR) is 66.8 cm³/mol. The van der Waals surface area contributed by atoms with Crippen LogP contribution in [0.3, 0.4) is 0 Å². The number of hydrogen-bond donors (Lipinski definition) is 1. The Bertz CT molecular complexity index is 287. The molecular formula is C13H24N2O2. The SMILES string of the molecule is CNC1CCC(C)(C)CN(CC2CCO2)C1=O. The molecule has 2 aliphatic rings. The highest BCUT2D eigenvalue weighted by molar-refractivity contribution is 5.82. The van der Waals surface area contributed by atoms with E-state index in [4.69, 9.17) is 4.74 Å².